The molecule has 0 radical (unpaired) electrons. The number of hydrogen-bond donors (Lipinski definition) is 1. The van der Waals surface area contributed by atoms with Crippen molar-refractivity contribution < 1.29 is 5.11 Å². The molecular weight excluding hydrogens is 150 g/mol. The van der Waals surface area contributed by atoms with Gasteiger partial charge in [0.25, 0.3) is 0 Å². The molecule has 1 N–H and O–H groups in total. The second-order valence-corrected chi connectivity index (χ2v) is 2.90. The van der Waals surface area contributed by atoms with E-state index in [0.717, 1.165) is 5.56 Å². The van der Waals surface area contributed by atoms with Crippen LogP contribution in [0.25, 0.3) is 0 Å². The third-order valence-electron chi connectivity index (χ3n) is 1.73. The van der Waals surface area contributed by atoms with Crippen molar-refractivity contribution in [3.05, 3.63) is 30.1 Å². The van der Waals surface area contributed by atoms with Crippen molar-refractivity contribution in [2.24, 2.45) is 0 Å². The molecule has 0 spiro atoms. The molecule has 2 heteroatoms. The summed E-state index contributed by atoms with van der Waals surface area (Å²) < 4.78 is 0. The minimum absolute atomic E-state index is 0.304. The van der Waals surface area contributed by atoms with E-state index < -0.39 is 5.60 Å². The molecule has 0 amide bonds. The predicted octanol–water partition coefficient (Wildman–Crippen LogP) is 1.31. The van der Waals surface area contributed by atoms with Gasteiger partial charge >= 0.3 is 0 Å². The van der Waals surface area contributed by atoms with Crippen molar-refractivity contribution in [3.8, 4) is 12.3 Å². The van der Waals surface area contributed by atoms with Gasteiger partial charge in [0.2, 0.25) is 0 Å². The Hall–Kier alpha value is -1.33. The van der Waals surface area contributed by atoms with Crippen LogP contribution in [0.2, 0.25) is 0 Å². The predicted molar refractivity (Wildman–Crippen MR) is 47.3 cm³/mol. The highest BCUT2D eigenvalue weighted by Gasteiger charge is 2.21. The fraction of sp³-hybridized carbons (Fsp3) is 0.300. The van der Waals surface area contributed by atoms with Crippen LogP contribution in [0.5, 0.6) is 0 Å². The van der Waals surface area contributed by atoms with Crippen LogP contribution < -0.4 is 0 Å². The first-order valence-corrected chi connectivity index (χ1v) is 3.73. The van der Waals surface area contributed by atoms with E-state index in [1.54, 1.807) is 25.4 Å². The quantitative estimate of drug-likeness (QED) is 0.663. The molecule has 1 atom stereocenters. The zero-order chi connectivity index (χ0) is 9.03. The van der Waals surface area contributed by atoms with Gasteiger partial charge in [-0.2, -0.15) is 0 Å². The average molecular weight is 161 g/mol. The van der Waals surface area contributed by atoms with Crippen LogP contribution in [0.4, 0.5) is 0 Å². The topological polar surface area (TPSA) is 33.1 Å². The molecular formula is C10H11NO. The first kappa shape index (κ1) is 8.76. The van der Waals surface area contributed by atoms with Gasteiger partial charge in [0.15, 0.2) is 0 Å². The second kappa shape index (κ2) is 3.38. The molecule has 62 valence electrons. The van der Waals surface area contributed by atoms with Gasteiger partial charge in [0, 0.05) is 24.4 Å². The molecule has 12 heavy (non-hydrogen) atoms. The summed E-state index contributed by atoms with van der Waals surface area (Å²) in [5.41, 5.74) is -0.203. The summed E-state index contributed by atoms with van der Waals surface area (Å²) in [6.45, 7) is 1.68. The monoisotopic (exact) mass is 161 g/mol. The van der Waals surface area contributed by atoms with Gasteiger partial charge in [-0.3, -0.25) is 4.98 Å². The Kier molecular flexibility index (Phi) is 2.47. The lowest BCUT2D eigenvalue weighted by atomic mass is 9.95. The first-order chi connectivity index (χ1) is 5.67. The molecule has 0 aliphatic rings. The fourth-order valence-corrected chi connectivity index (χ4v) is 0.982. The number of terminal acetylenes is 1. The van der Waals surface area contributed by atoms with Crippen molar-refractivity contribution in [2.75, 3.05) is 0 Å². The Bertz CT molecular complexity index is 284. The number of aliphatic hydroxyl groups is 1. The van der Waals surface area contributed by atoms with Crippen molar-refractivity contribution in [1.82, 2.24) is 4.98 Å². The van der Waals surface area contributed by atoms with Crippen molar-refractivity contribution >= 4 is 0 Å². The van der Waals surface area contributed by atoms with Crippen LogP contribution in [0.1, 0.15) is 18.9 Å². The summed E-state index contributed by atoms with van der Waals surface area (Å²) in [6, 6.07) is 3.59. The molecule has 1 rings (SSSR count). The van der Waals surface area contributed by atoms with Crippen LogP contribution >= 0.6 is 0 Å². The summed E-state index contributed by atoms with van der Waals surface area (Å²) in [6.07, 6.45) is 8.71. The Balaban J connectivity index is 2.91. The standard InChI is InChI=1S/C10H11NO/c1-3-6-10(2,12)9-5-4-7-11-8-9/h1,4-5,7-8,12H,6H2,2H3. The third kappa shape index (κ3) is 1.84. The third-order valence-corrected chi connectivity index (χ3v) is 1.73. The van der Waals surface area contributed by atoms with Crippen molar-refractivity contribution in [1.29, 1.82) is 0 Å². The van der Waals surface area contributed by atoms with Gasteiger partial charge in [-0.15, -0.1) is 12.3 Å². The molecule has 1 aromatic rings. The van der Waals surface area contributed by atoms with E-state index >= 15 is 0 Å². The van der Waals surface area contributed by atoms with Crippen LogP contribution in [0, 0.1) is 12.3 Å². The molecule has 1 aromatic heterocycles. The van der Waals surface area contributed by atoms with Crippen LogP contribution in [-0.4, -0.2) is 10.1 Å². The molecule has 0 saturated carbocycles. The zero-order valence-electron chi connectivity index (χ0n) is 6.99. The summed E-state index contributed by atoms with van der Waals surface area (Å²) >= 11 is 0. The van der Waals surface area contributed by atoms with Gasteiger partial charge in [0.1, 0.15) is 0 Å². The minimum atomic E-state index is -0.955. The number of rotatable bonds is 2. The van der Waals surface area contributed by atoms with E-state index in [9.17, 15) is 5.11 Å². The Morgan fingerprint density at radius 3 is 3.00 bits per heavy atom. The van der Waals surface area contributed by atoms with E-state index in [4.69, 9.17) is 6.42 Å². The second-order valence-electron chi connectivity index (χ2n) is 2.90. The molecule has 0 aromatic carbocycles. The number of aromatic nitrogens is 1. The number of pyridine rings is 1. The Morgan fingerprint density at radius 2 is 2.50 bits per heavy atom. The lowest BCUT2D eigenvalue weighted by Gasteiger charge is -2.20. The van der Waals surface area contributed by atoms with Crippen LogP contribution in [-0.2, 0) is 5.60 Å². The Labute approximate surface area is 72.3 Å². The number of nitrogens with zero attached hydrogens (tertiary/aromatic N) is 1. The summed E-state index contributed by atoms with van der Waals surface area (Å²) in [5, 5.41) is 9.80. The van der Waals surface area contributed by atoms with E-state index in [2.05, 4.69) is 10.9 Å². The van der Waals surface area contributed by atoms with E-state index in [1.807, 2.05) is 6.07 Å². The summed E-state index contributed by atoms with van der Waals surface area (Å²) in [7, 11) is 0. The lowest BCUT2D eigenvalue weighted by Crippen LogP contribution is -2.20. The maximum Gasteiger partial charge on any atom is 0.0991 e. The molecule has 1 heterocycles. The van der Waals surface area contributed by atoms with Gasteiger partial charge < -0.3 is 5.11 Å². The van der Waals surface area contributed by atoms with E-state index in [1.165, 1.54) is 0 Å². The highest BCUT2D eigenvalue weighted by molar-refractivity contribution is 5.18. The minimum Gasteiger partial charge on any atom is -0.384 e. The molecule has 1 unspecified atom stereocenters. The average Bonchev–Trinajstić information content (AvgIpc) is 2.06. The lowest BCUT2D eigenvalue weighted by molar-refractivity contribution is 0.0626. The van der Waals surface area contributed by atoms with Gasteiger partial charge in [0.05, 0.1) is 5.60 Å². The van der Waals surface area contributed by atoms with Gasteiger partial charge in [-0.25, -0.2) is 0 Å². The summed E-state index contributed by atoms with van der Waals surface area (Å²) in [4.78, 5) is 3.90. The largest absolute Gasteiger partial charge is 0.384 e. The molecule has 0 saturated heterocycles. The van der Waals surface area contributed by atoms with Crippen molar-refractivity contribution in [3.63, 3.8) is 0 Å². The highest BCUT2D eigenvalue weighted by atomic mass is 16.3. The molecule has 0 fully saturated rings. The molecule has 2 nitrogen and oxygen atoms in total. The molecule has 0 aliphatic heterocycles. The summed E-state index contributed by atoms with van der Waals surface area (Å²) in [5.74, 6) is 2.43. The van der Waals surface area contributed by atoms with Crippen LogP contribution in [0.15, 0.2) is 24.5 Å². The maximum absolute atomic E-state index is 9.80. The highest BCUT2D eigenvalue weighted by Crippen LogP contribution is 2.22. The maximum atomic E-state index is 9.80. The molecule has 0 aliphatic carbocycles. The van der Waals surface area contributed by atoms with Crippen molar-refractivity contribution in [2.45, 2.75) is 18.9 Å². The van der Waals surface area contributed by atoms with Gasteiger partial charge in [-0.1, -0.05) is 6.07 Å². The normalized spacial score (nSPS) is 14.8. The van der Waals surface area contributed by atoms with Gasteiger partial charge in [-0.05, 0) is 13.0 Å². The SMILES string of the molecule is C#CCC(C)(O)c1cccnc1. The first-order valence-electron chi connectivity index (χ1n) is 3.73. The zero-order valence-corrected chi connectivity index (χ0v) is 6.99. The number of hydrogen-bond acceptors (Lipinski definition) is 2. The van der Waals surface area contributed by atoms with E-state index in [-0.39, 0.29) is 0 Å². The fourth-order valence-electron chi connectivity index (χ4n) is 0.982. The molecule has 0 bridgehead atoms. The smallest absolute Gasteiger partial charge is 0.0991 e. The van der Waals surface area contributed by atoms with Crippen LogP contribution in [0.3, 0.4) is 0 Å². The Morgan fingerprint density at radius 1 is 1.75 bits per heavy atom. The van der Waals surface area contributed by atoms with E-state index in [0.29, 0.717) is 6.42 Å².